The van der Waals surface area contributed by atoms with Crippen LogP contribution >= 0.6 is 11.3 Å². The first kappa shape index (κ1) is 18.8. The summed E-state index contributed by atoms with van der Waals surface area (Å²) in [4.78, 5) is 24.9. The molecule has 0 aliphatic rings. The van der Waals surface area contributed by atoms with Crippen LogP contribution in [-0.2, 0) is 4.74 Å². The molecule has 7 heteroatoms. The zero-order valence-electron chi connectivity index (χ0n) is 15.7. The summed E-state index contributed by atoms with van der Waals surface area (Å²) < 4.78 is 5.06. The second-order valence-corrected chi connectivity index (χ2v) is 6.97. The van der Waals surface area contributed by atoms with Gasteiger partial charge < -0.3 is 10.1 Å². The first-order valence-corrected chi connectivity index (χ1v) is 9.98. The average molecular weight is 402 g/mol. The number of esters is 1. The fourth-order valence-corrected chi connectivity index (χ4v) is 3.60. The molecule has 0 saturated heterocycles. The molecule has 0 atom stereocenters. The third-order valence-corrected chi connectivity index (χ3v) is 5.07. The first-order chi connectivity index (χ1) is 14.2. The summed E-state index contributed by atoms with van der Waals surface area (Å²) in [6.07, 6.45) is 2.84. The lowest BCUT2D eigenvalue weighted by atomic mass is 10.1. The summed E-state index contributed by atoms with van der Waals surface area (Å²) in [5.74, 6) is -0.0469. The van der Waals surface area contributed by atoms with E-state index in [2.05, 4.69) is 27.4 Å². The van der Waals surface area contributed by atoms with Gasteiger partial charge in [0.15, 0.2) is 0 Å². The largest absolute Gasteiger partial charge is 0.462 e. The number of rotatable bonds is 6. The van der Waals surface area contributed by atoms with E-state index in [0.29, 0.717) is 18.0 Å². The molecule has 4 aromatic rings. The molecule has 0 aliphatic carbocycles. The predicted molar refractivity (Wildman–Crippen MR) is 114 cm³/mol. The number of hydrogen-bond donors (Lipinski definition) is 1. The molecule has 0 amide bonds. The van der Waals surface area contributed by atoms with Crippen molar-refractivity contribution in [1.82, 2.24) is 15.0 Å². The van der Waals surface area contributed by atoms with E-state index >= 15 is 0 Å². The standard InChI is InChI=1S/C22H18N4O2S/c1-2-28-22(27)18-12-23-14-24-20(18)25-17-10-8-15(9-11-17)19-13-29-21(26-19)16-6-4-3-5-7-16/h3-14H,2H2,1H3,(H,23,24,25). The highest BCUT2D eigenvalue weighted by Gasteiger charge is 2.14. The van der Waals surface area contributed by atoms with Crippen molar-refractivity contribution in [2.75, 3.05) is 11.9 Å². The van der Waals surface area contributed by atoms with Crippen LogP contribution in [0.4, 0.5) is 11.5 Å². The van der Waals surface area contributed by atoms with E-state index in [-0.39, 0.29) is 0 Å². The van der Waals surface area contributed by atoms with E-state index in [1.54, 1.807) is 18.3 Å². The quantitative estimate of drug-likeness (QED) is 0.447. The zero-order valence-corrected chi connectivity index (χ0v) is 16.5. The maximum absolute atomic E-state index is 12.1. The van der Waals surface area contributed by atoms with Crippen LogP contribution in [0.3, 0.4) is 0 Å². The van der Waals surface area contributed by atoms with E-state index in [0.717, 1.165) is 27.5 Å². The summed E-state index contributed by atoms with van der Waals surface area (Å²) in [6, 6.07) is 17.9. The maximum Gasteiger partial charge on any atom is 0.343 e. The third kappa shape index (κ3) is 4.30. The number of aromatic nitrogens is 3. The monoisotopic (exact) mass is 402 g/mol. The fraction of sp³-hybridized carbons (Fsp3) is 0.0909. The van der Waals surface area contributed by atoms with Crippen molar-refractivity contribution in [2.45, 2.75) is 6.92 Å². The van der Waals surface area contributed by atoms with Crippen LogP contribution in [0.5, 0.6) is 0 Å². The van der Waals surface area contributed by atoms with Crippen LogP contribution in [0, 0.1) is 0 Å². The predicted octanol–water partition coefficient (Wildman–Crippen LogP) is 5.19. The SMILES string of the molecule is CCOC(=O)c1cncnc1Nc1ccc(-c2csc(-c3ccccc3)n2)cc1. The number of carbonyl (C=O) groups excluding carboxylic acids is 1. The molecule has 144 valence electrons. The molecular formula is C22H18N4O2S. The van der Waals surface area contributed by atoms with Crippen LogP contribution in [0.2, 0.25) is 0 Å². The molecule has 0 radical (unpaired) electrons. The van der Waals surface area contributed by atoms with Crippen molar-refractivity contribution >= 4 is 28.8 Å². The molecule has 29 heavy (non-hydrogen) atoms. The van der Waals surface area contributed by atoms with Gasteiger partial charge in [-0.1, -0.05) is 42.5 Å². The number of anilines is 2. The molecule has 6 nitrogen and oxygen atoms in total. The van der Waals surface area contributed by atoms with Crippen LogP contribution < -0.4 is 5.32 Å². The van der Waals surface area contributed by atoms with Crippen LogP contribution in [0.25, 0.3) is 21.8 Å². The summed E-state index contributed by atoms with van der Waals surface area (Å²) in [6.45, 7) is 2.05. The number of carbonyl (C=O) groups is 1. The highest BCUT2D eigenvalue weighted by molar-refractivity contribution is 7.13. The van der Waals surface area contributed by atoms with Crippen molar-refractivity contribution in [2.24, 2.45) is 0 Å². The Morgan fingerprint density at radius 1 is 1.07 bits per heavy atom. The molecule has 0 saturated carbocycles. The molecule has 0 fully saturated rings. The summed E-state index contributed by atoms with van der Waals surface area (Å²) >= 11 is 1.62. The Balaban J connectivity index is 1.53. The molecule has 4 rings (SSSR count). The molecule has 2 aromatic carbocycles. The number of benzene rings is 2. The third-order valence-electron chi connectivity index (χ3n) is 4.18. The number of nitrogens with zero attached hydrogens (tertiary/aromatic N) is 3. The van der Waals surface area contributed by atoms with Gasteiger partial charge in [-0.25, -0.2) is 19.7 Å². The Kier molecular flexibility index (Phi) is 5.58. The smallest absolute Gasteiger partial charge is 0.343 e. The molecule has 2 heterocycles. The topological polar surface area (TPSA) is 77.0 Å². The van der Waals surface area contributed by atoms with E-state index in [1.807, 2.05) is 47.8 Å². The lowest BCUT2D eigenvalue weighted by Gasteiger charge is -2.10. The van der Waals surface area contributed by atoms with Gasteiger partial charge in [0, 0.05) is 28.4 Å². The molecule has 2 aromatic heterocycles. The van der Waals surface area contributed by atoms with Crippen molar-refractivity contribution in [3.63, 3.8) is 0 Å². The van der Waals surface area contributed by atoms with Gasteiger partial charge in [0.1, 0.15) is 22.7 Å². The second-order valence-electron chi connectivity index (χ2n) is 6.11. The highest BCUT2D eigenvalue weighted by atomic mass is 32.1. The number of nitrogens with one attached hydrogen (secondary N) is 1. The molecular weight excluding hydrogens is 384 g/mol. The average Bonchev–Trinajstić information content (AvgIpc) is 3.26. The Bertz CT molecular complexity index is 1110. The van der Waals surface area contributed by atoms with E-state index in [1.165, 1.54) is 12.5 Å². The van der Waals surface area contributed by atoms with Gasteiger partial charge in [0.05, 0.1) is 12.3 Å². The summed E-state index contributed by atoms with van der Waals surface area (Å²) in [7, 11) is 0. The van der Waals surface area contributed by atoms with Gasteiger partial charge in [0.2, 0.25) is 0 Å². The normalized spacial score (nSPS) is 10.5. The molecule has 0 bridgehead atoms. The highest BCUT2D eigenvalue weighted by Crippen LogP contribution is 2.29. The molecule has 0 spiro atoms. The van der Waals surface area contributed by atoms with E-state index in [9.17, 15) is 4.79 Å². The Morgan fingerprint density at radius 3 is 2.62 bits per heavy atom. The first-order valence-electron chi connectivity index (χ1n) is 9.10. The van der Waals surface area contributed by atoms with Gasteiger partial charge in [-0.15, -0.1) is 11.3 Å². The summed E-state index contributed by atoms with van der Waals surface area (Å²) in [5, 5.41) is 6.19. The Hall–Kier alpha value is -3.58. The Labute approximate surface area is 172 Å². The number of ether oxygens (including phenoxy) is 1. The van der Waals surface area contributed by atoms with Gasteiger partial charge >= 0.3 is 5.97 Å². The minimum atomic E-state index is -0.455. The van der Waals surface area contributed by atoms with Crippen molar-refractivity contribution in [3.05, 3.63) is 78.1 Å². The van der Waals surface area contributed by atoms with Crippen molar-refractivity contribution in [1.29, 1.82) is 0 Å². The Morgan fingerprint density at radius 2 is 1.86 bits per heavy atom. The lowest BCUT2D eigenvalue weighted by Crippen LogP contribution is -2.09. The summed E-state index contributed by atoms with van der Waals surface area (Å²) in [5.41, 5.74) is 4.15. The van der Waals surface area contributed by atoms with E-state index in [4.69, 9.17) is 9.72 Å². The van der Waals surface area contributed by atoms with Crippen LogP contribution in [0.15, 0.2) is 72.5 Å². The molecule has 0 unspecified atom stereocenters. The minimum Gasteiger partial charge on any atom is -0.462 e. The molecule has 1 N–H and O–H groups in total. The van der Waals surface area contributed by atoms with Crippen LogP contribution in [-0.4, -0.2) is 27.5 Å². The van der Waals surface area contributed by atoms with Gasteiger partial charge in [0.25, 0.3) is 0 Å². The maximum atomic E-state index is 12.1. The van der Waals surface area contributed by atoms with Crippen molar-refractivity contribution in [3.8, 4) is 21.8 Å². The number of hydrogen-bond acceptors (Lipinski definition) is 7. The minimum absolute atomic E-state index is 0.292. The lowest BCUT2D eigenvalue weighted by molar-refractivity contribution is 0.0526. The van der Waals surface area contributed by atoms with E-state index < -0.39 is 5.97 Å². The second kappa shape index (κ2) is 8.62. The molecule has 0 aliphatic heterocycles. The zero-order chi connectivity index (χ0) is 20.1. The van der Waals surface area contributed by atoms with Gasteiger partial charge in [-0.2, -0.15) is 0 Å². The van der Waals surface area contributed by atoms with Crippen LogP contribution in [0.1, 0.15) is 17.3 Å². The fourth-order valence-electron chi connectivity index (χ4n) is 2.77. The van der Waals surface area contributed by atoms with Crippen molar-refractivity contribution < 1.29 is 9.53 Å². The number of thiazole rings is 1. The van der Waals surface area contributed by atoms with Gasteiger partial charge in [-0.3, -0.25) is 0 Å². The van der Waals surface area contributed by atoms with Gasteiger partial charge in [-0.05, 0) is 19.1 Å².